The number of carbonyl (C=O) groups excluding carboxylic acids is 1. The molecule has 1 aromatic heterocycles. The Kier molecular flexibility index (Phi) is 7.37. The van der Waals surface area contributed by atoms with Gasteiger partial charge in [0.2, 0.25) is 5.91 Å². The quantitative estimate of drug-likeness (QED) is 0.334. The number of thioether (sulfide) groups is 1. The van der Waals surface area contributed by atoms with Crippen LogP contribution in [0.2, 0.25) is 0 Å². The molecule has 2 unspecified atom stereocenters. The van der Waals surface area contributed by atoms with Crippen LogP contribution < -0.4 is 5.32 Å². The number of carbonyl (C=O) groups is 1. The fraction of sp³-hybridized carbons (Fsp3) is 0.192. The van der Waals surface area contributed by atoms with Crippen LogP contribution in [0.3, 0.4) is 0 Å². The maximum atomic E-state index is 14.5. The lowest BCUT2D eigenvalue weighted by Gasteiger charge is -2.18. The van der Waals surface area contributed by atoms with Gasteiger partial charge >= 0.3 is 0 Å². The standard InChI is InChI=1S/C26H24F2N4OS/c1-17(20-12-14-21(27)15-13-20)29-25(33)18(2)34-26-31-30-24(22-10-6-7-11-23(22)28)32(26)16-19-8-4-3-5-9-19/h3-15,17-18H,16H2,1-2H3,(H,29,33). The highest BCUT2D eigenvalue weighted by Gasteiger charge is 2.23. The monoisotopic (exact) mass is 478 g/mol. The van der Waals surface area contributed by atoms with Crippen LogP contribution in [0.1, 0.15) is 31.0 Å². The van der Waals surface area contributed by atoms with Gasteiger partial charge in [0.15, 0.2) is 11.0 Å². The number of rotatable bonds is 8. The maximum absolute atomic E-state index is 14.5. The largest absolute Gasteiger partial charge is 0.349 e. The summed E-state index contributed by atoms with van der Waals surface area (Å²) in [7, 11) is 0. The maximum Gasteiger partial charge on any atom is 0.233 e. The molecule has 4 rings (SSSR count). The molecule has 8 heteroatoms. The van der Waals surface area contributed by atoms with Crippen LogP contribution in [0.25, 0.3) is 11.4 Å². The van der Waals surface area contributed by atoms with Crippen LogP contribution >= 0.6 is 11.8 Å². The third-order valence-electron chi connectivity index (χ3n) is 5.40. The van der Waals surface area contributed by atoms with E-state index in [0.29, 0.717) is 23.1 Å². The average molecular weight is 479 g/mol. The fourth-order valence-corrected chi connectivity index (χ4v) is 4.36. The van der Waals surface area contributed by atoms with Gasteiger partial charge in [-0.2, -0.15) is 0 Å². The van der Waals surface area contributed by atoms with Crippen molar-refractivity contribution in [3.05, 3.63) is 102 Å². The van der Waals surface area contributed by atoms with Crippen molar-refractivity contribution in [1.29, 1.82) is 0 Å². The molecule has 0 aliphatic carbocycles. The summed E-state index contributed by atoms with van der Waals surface area (Å²) in [5, 5.41) is 11.5. The van der Waals surface area contributed by atoms with E-state index in [0.717, 1.165) is 11.1 Å². The van der Waals surface area contributed by atoms with E-state index >= 15 is 0 Å². The molecule has 0 saturated heterocycles. The van der Waals surface area contributed by atoms with Gasteiger partial charge in [-0.15, -0.1) is 10.2 Å². The topological polar surface area (TPSA) is 59.8 Å². The first-order valence-electron chi connectivity index (χ1n) is 10.9. The van der Waals surface area contributed by atoms with Gasteiger partial charge in [-0.3, -0.25) is 9.36 Å². The van der Waals surface area contributed by atoms with E-state index in [4.69, 9.17) is 0 Å². The smallest absolute Gasteiger partial charge is 0.233 e. The molecule has 34 heavy (non-hydrogen) atoms. The molecular formula is C26H24F2N4OS. The molecule has 0 aliphatic heterocycles. The van der Waals surface area contributed by atoms with Crippen molar-refractivity contribution >= 4 is 17.7 Å². The summed E-state index contributed by atoms with van der Waals surface area (Å²) in [6.07, 6.45) is 0. The zero-order chi connectivity index (χ0) is 24.1. The molecule has 3 aromatic carbocycles. The molecule has 5 nitrogen and oxygen atoms in total. The molecule has 0 saturated carbocycles. The zero-order valence-electron chi connectivity index (χ0n) is 18.8. The predicted octanol–water partition coefficient (Wildman–Crippen LogP) is 5.63. The van der Waals surface area contributed by atoms with E-state index in [9.17, 15) is 13.6 Å². The van der Waals surface area contributed by atoms with Crippen molar-refractivity contribution < 1.29 is 13.6 Å². The molecule has 4 aromatic rings. The summed E-state index contributed by atoms with van der Waals surface area (Å²) in [6.45, 7) is 4.05. The van der Waals surface area contributed by atoms with Gasteiger partial charge in [0.1, 0.15) is 11.6 Å². The molecule has 0 radical (unpaired) electrons. The number of benzene rings is 3. The van der Waals surface area contributed by atoms with E-state index in [1.807, 2.05) is 41.8 Å². The van der Waals surface area contributed by atoms with Crippen LogP contribution in [0, 0.1) is 11.6 Å². The van der Waals surface area contributed by atoms with Crippen LogP contribution in [-0.2, 0) is 11.3 Å². The molecule has 0 fully saturated rings. The second-order valence-corrected chi connectivity index (χ2v) is 9.21. The first-order chi connectivity index (χ1) is 16.4. The molecule has 0 bridgehead atoms. The van der Waals surface area contributed by atoms with E-state index < -0.39 is 5.25 Å². The number of nitrogens with zero attached hydrogens (tertiary/aromatic N) is 3. The third-order valence-corrected chi connectivity index (χ3v) is 6.48. The second-order valence-electron chi connectivity index (χ2n) is 7.90. The Morgan fingerprint density at radius 2 is 1.62 bits per heavy atom. The highest BCUT2D eigenvalue weighted by molar-refractivity contribution is 8.00. The Labute approximate surface area is 201 Å². The van der Waals surface area contributed by atoms with E-state index in [2.05, 4.69) is 15.5 Å². The lowest BCUT2D eigenvalue weighted by Crippen LogP contribution is -2.33. The summed E-state index contributed by atoms with van der Waals surface area (Å²) < 4.78 is 29.6. The molecule has 0 aliphatic rings. The number of hydrogen-bond donors (Lipinski definition) is 1. The Morgan fingerprint density at radius 1 is 0.941 bits per heavy atom. The van der Waals surface area contributed by atoms with Crippen molar-refractivity contribution in [2.45, 2.75) is 36.8 Å². The number of hydrogen-bond acceptors (Lipinski definition) is 4. The molecule has 1 amide bonds. The van der Waals surface area contributed by atoms with Crippen molar-refractivity contribution in [2.75, 3.05) is 0 Å². The number of nitrogens with one attached hydrogen (secondary N) is 1. The van der Waals surface area contributed by atoms with Gasteiger partial charge in [0.25, 0.3) is 0 Å². The summed E-state index contributed by atoms with van der Waals surface area (Å²) in [5.41, 5.74) is 2.16. The van der Waals surface area contributed by atoms with Crippen LogP contribution in [0.4, 0.5) is 8.78 Å². The van der Waals surface area contributed by atoms with Gasteiger partial charge in [0.05, 0.1) is 23.4 Å². The fourth-order valence-electron chi connectivity index (χ4n) is 3.50. The van der Waals surface area contributed by atoms with Crippen molar-refractivity contribution in [2.24, 2.45) is 0 Å². The average Bonchev–Trinajstić information content (AvgIpc) is 3.22. The molecule has 0 spiro atoms. The number of halogens is 2. The number of amides is 1. The van der Waals surface area contributed by atoms with Gasteiger partial charge < -0.3 is 5.32 Å². The minimum atomic E-state index is -0.491. The Balaban J connectivity index is 1.56. The van der Waals surface area contributed by atoms with Gasteiger partial charge in [0, 0.05) is 0 Å². The molecular weight excluding hydrogens is 454 g/mol. The Morgan fingerprint density at radius 3 is 2.32 bits per heavy atom. The number of aromatic nitrogens is 3. The Hall–Kier alpha value is -3.52. The predicted molar refractivity (Wildman–Crippen MR) is 129 cm³/mol. The highest BCUT2D eigenvalue weighted by Crippen LogP contribution is 2.29. The van der Waals surface area contributed by atoms with Crippen molar-refractivity contribution in [3.8, 4) is 11.4 Å². The van der Waals surface area contributed by atoms with Gasteiger partial charge in [-0.05, 0) is 49.2 Å². The summed E-state index contributed by atoms with van der Waals surface area (Å²) in [5.74, 6) is -0.505. The van der Waals surface area contributed by atoms with Gasteiger partial charge in [-0.1, -0.05) is 66.4 Å². The SMILES string of the molecule is CC(Sc1nnc(-c2ccccc2F)n1Cc1ccccc1)C(=O)NC(C)c1ccc(F)cc1. The van der Waals surface area contributed by atoms with Crippen LogP contribution in [-0.4, -0.2) is 25.9 Å². The summed E-state index contributed by atoms with van der Waals surface area (Å²) in [4.78, 5) is 12.9. The van der Waals surface area contributed by atoms with Gasteiger partial charge in [-0.25, -0.2) is 8.78 Å². The minimum Gasteiger partial charge on any atom is -0.349 e. The third kappa shape index (κ3) is 5.51. The molecule has 1 N–H and O–H groups in total. The van der Waals surface area contributed by atoms with E-state index in [1.165, 1.54) is 30.0 Å². The van der Waals surface area contributed by atoms with E-state index in [-0.39, 0.29) is 23.6 Å². The lowest BCUT2D eigenvalue weighted by molar-refractivity contribution is -0.120. The first kappa shape index (κ1) is 23.6. The minimum absolute atomic E-state index is 0.191. The first-order valence-corrected chi connectivity index (χ1v) is 11.7. The summed E-state index contributed by atoms with van der Waals surface area (Å²) in [6, 6.07) is 21.9. The van der Waals surface area contributed by atoms with Crippen molar-refractivity contribution in [3.63, 3.8) is 0 Å². The Bertz CT molecular complexity index is 1260. The van der Waals surface area contributed by atoms with Crippen molar-refractivity contribution in [1.82, 2.24) is 20.1 Å². The molecule has 174 valence electrons. The molecule has 1 heterocycles. The molecule has 2 atom stereocenters. The highest BCUT2D eigenvalue weighted by atomic mass is 32.2. The van der Waals surface area contributed by atoms with Crippen LogP contribution in [0.5, 0.6) is 0 Å². The normalized spacial score (nSPS) is 12.8. The summed E-state index contributed by atoms with van der Waals surface area (Å²) >= 11 is 1.25. The van der Waals surface area contributed by atoms with Crippen LogP contribution in [0.15, 0.2) is 84.0 Å². The zero-order valence-corrected chi connectivity index (χ0v) is 19.6. The van der Waals surface area contributed by atoms with E-state index in [1.54, 1.807) is 37.3 Å². The lowest BCUT2D eigenvalue weighted by atomic mass is 10.1. The second kappa shape index (κ2) is 10.6.